The van der Waals surface area contributed by atoms with Gasteiger partial charge in [0.15, 0.2) is 0 Å². The molecule has 0 aliphatic heterocycles. The van der Waals surface area contributed by atoms with Gasteiger partial charge in [0.1, 0.15) is 5.82 Å². The Morgan fingerprint density at radius 3 is 2.68 bits per heavy atom. The zero-order valence-electron chi connectivity index (χ0n) is 11.6. The Morgan fingerprint density at radius 2 is 2.16 bits per heavy atom. The van der Waals surface area contributed by atoms with Crippen molar-refractivity contribution in [2.24, 2.45) is 5.92 Å². The SMILES string of the molecule is CC(C)CN(C)Cc1ccc(C=CC(=O)O)cc1F. The molecule has 1 aromatic rings. The highest BCUT2D eigenvalue weighted by molar-refractivity contribution is 5.85. The molecule has 0 amide bonds. The second kappa shape index (κ2) is 7.04. The molecule has 0 heterocycles. The van der Waals surface area contributed by atoms with Gasteiger partial charge in [0.25, 0.3) is 0 Å². The first-order valence-electron chi connectivity index (χ1n) is 6.26. The maximum atomic E-state index is 13.9. The topological polar surface area (TPSA) is 40.5 Å². The van der Waals surface area contributed by atoms with E-state index in [4.69, 9.17) is 5.11 Å². The van der Waals surface area contributed by atoms with Crippen molar-refractivity contribution in [3.63, 3.8) is 0 Å². The molecule has 0 unspecified atom stereocenters. The van der Waals surface area contributed by atoms with Crippen molar-refractivity contribution in [2.75, 3.05) is 13.6 Å². The third-order valence-corrected chi connectivity index (χ3v) is 2.61. The van der Waals surface area contributed by atoms with E-state index in [0.717, 1.165) is 12.6 Å². The van der Waals surface area contributed by atoms with Crippen LogP contribution in [0.25, 0.3) is 6.08 Å². The van der Waals surface area contributed by atoms with Gasteiger partial charge >= 0.3 is 5.97 Å². The quantitative estimate of drug-likeness (QED) is 0.804. The molecular formula is C15H20FNO2. The summed E-state index contributed by atoms with van der Waals surface area (Å²) in [6.07, 6.45) is 2.38. The molecule has 0 saturated heterocycles. The van der Waals surface area contributed by atoms with Crippen LogP contribution in [0.5, 0.6) is 0 Å². The Kier molecular flexibility index (Phi) is 5.70. The number of carboxylic acids is 1. The van der Waals surface area contributed by atoms with E-state index in [1.165, 1.54) is 12.1 Å². The van der Waals surface area contributed by atoms with Crippen LogP contribution in [-0.2, 0) is 11.3 Å². The fourth-order valence-corrected chi connectivity index (χ4v) is 1.94. The van der Waals surface area contributed by atoms with Gasteiger partial charge in [-0.1, -0.05) is 26.0 Å². The lowest BCUT2D eigenvalue weighted by atomic mass is 10.1. The fourth-order valence-electron chi connectivity index (χ4n) is 1.94. The van der Waals surface area contributed by atoms with Crippen molar-refractivity contribution in [2.45, 2.75) is 20.4 Å². The molecule has 0 saturated carbocycles. The molecular weight excluding hydrogens is 245 g/mol. The summed E-state index contributed by atoms with van der Waals surface area (Å²) in [5, 5.41) is 8.51. The van der Waals surface area contributed by atoms with E-state index in [2.05, 4.69) is 18.7 Å². The number of carboxylic acid groups (broad SMARTS) is 1. The summed E-state index contributed by atoms with van der Waals surface area (Å²) in [6.45, 7) is 5.69. The lowest BCUT2D eigenvalue weighted by molar-refractivity contribution is -0.131. The first kappa shape index (κ1) is 15.4. The predicted octanol–water partition coefficient (Wildman–Crippen LogP) is 3.01. The smallest absolute Gasteiger partial charge is 0.328 e. The molecule has 3 nitrogen and oxygen atoms in total. The number of carbonyl (C=O) groups is 1. The zero-order valence-corrected chi connectivity index (χ0v) is 11.6. The van der Waals surface area contributed by atoms with E-state index in [9.17, 15) is 9.18 Å². The lowest BCUT2D eigenvalue weighted by Gasteiger charge is -2.19. The highest BCUT2D eigenvalue weighted by Crippen LogP contribution is 2.14. The van der Waals surface area contributed by atoms with Gasteiger partial charge in [-0.05, 0) is 30.7 Å². The van der Waals surface area contributed by atoms with Crippen molar-refractivity contribution in [3.8, 4) is 0 Å². The van der Waals surface area contributed by atoms with Crippen LogP contribution in [0, 0.1) is 11.7 Å². The molecule has 1 aromatic carbocycles. The molecule has 0 spiro atoms. The van der Waals surface area contributed by atoms with Crippen LogP contribution < -0.4 is 0 Å². The average Bonchev–Trinajstić information content (AvgIpc) is 2.28. The van der Waals surface area contributed by atoms with Gasteiger partial charge in [-0.25, -0.2) is 9.18 Å². The Labute approximate surface area is 113 Å². The Hall–Kier alpha value is -1.68. The van der Waals surface area contributed by atoms with Crippen LogP contribution in [-0.4, -0.2) is 29.6 Å². The van der Waals surface area contributed by atoms with E-state index in [-0.39, 0.29) is 5.82 Å². The summed E-state index contributed by atoms with van der Waals surface area (Å²) in [7, 11) is 1.96. The number of aliphatic carboxylic acids is 1. The molecule has 0 fully saturated rings. The van der Waals surface area contributed by atoms with Gasteiger partial charge in [-0.2, -0.15) is 0 Å². The largest absolute Gasteiger partial charge is 0.478 e. The highest BCUT2D eigenvalue weighted by atomic mass is 19.1. The minimum atomic E-state index is -1.04. The van der Waals surface area contributed by atoms with Gasteiger partial charge < -0.3 is 10.0 Å². The number of halogens is 1. The number of benzene rings is 1. The molecule has 0 radical (unpaired) electrons. The van der Waals surface area contributed by atoms with Crippen molar-refractivity contribution in [1.82, 2.24) is 4.90 Å². The van der Waals surface area contributed by atoms with Gasteiger partial charge in [-0.3, -0.25) is 0 Å². The van der Waals surface area contributed by atoms with E-state index < -0.39 is 5.97 Å². The van der Waals surface area contributed by atoms with Crippen LogP contribution in [0.1, 0.15) is 25.0 Å². The van der Waals surface area contributed by atoms with Crippen LogP contribution in [0.2, 0.25) is 0 Å². The lowest BCUT2D eigenvalue weighted by Crippen LogP contribution is -2.23. The molecule has 19 heavy (non-hydrogen) atoms. The zero-order chi connectivity index (χ0) is 14.4. The van der Waals surface area contributed by atoms with Gasteiger partial charge in [0.2, 0.25) is 0 Å². The van der Waals surface area contributed by atoms with Crippen LogP contribution in [0.3, 0.4) is 0 Å². The average molecular weight is 265 g/mol. The third kappa shape index (κ3) is 5.66. The molecule has 104 valence electrons. The van der Waals surface area contributed by atoms with Crippen molar-refractivity contribution < 1.29 is 14.3 Å². The van der Waals surface area contributed by atoms with Crippen LogP contribution >= 0.6 is 0 Å². The van der Waals surface area contributed by atoms with Crippen LogP contribution in [0.15, 0.2) is 24.3 Å². The maximum Gasteiger partial charge on any atom is 0.328 e. The normalized spacial score (nSPS) is 11.7. The molecule has 0 aromatic heterocycles. The molecule has 0 atom stereocenters. The second-order valence-corrected chi connectivity index (χ2v) is 5.11. The number of nitrogens with zero attached hydrogens (tertiary/aromatic N) is 1. The Bertz CT molecular complexity index is 469. The maximum absolute atomic E-state index is 13.9. The van der Waals surface area contributed by atoms with Crippen molar-refractivity contribution in [1.29, 1.82) is 0 Å². The predicted molar refractivity (Wildman–Crippen MR) is 74.2 cm³/mol. The second-order valence-electron chi connectivity index (χ2n) is 5.11. The first-order chi connectivity index (χ1) is 8.88. The summed E-state index contributed by atoms with van der Waals surface area (Å²) in [5.74, 6) is -0.810. The minimum absolute atomic E-state index is 0.303. The number of hydrogen-bond acceptors (Lipinski definition) is 2. The van der Waals surface area contributed by atoms with Crippen LogP contribution in [0.4, 0.5) is 4.39 Å². The molecule has 1 rings (SSSR count). The highest BCUT2D eigenvalue weighted by Gasteiger charge is 2.07. The van der Waals surface area contributed by atoms with Crippen molar-refractivity contribution >= 4 is 12.0 Å². The molecule has 1 N–H and O–H groups in total. The third-order valence-electron chi connectivity index (χ3n) is 2.61. The Balaban J connectivity index is 2.74. The summed E-state index contributed by atoms with van der Waals surface area (Å²) in [5.41, 5.74) is 1.17. The Morgan fingerprint density at radius 1 is 1.47 bits per heavy atom. The molecule has 4 heteroatoms. The van der Waals surface area contributed by atoms with Gasteiger partial charge in [0, 0.05) is 24.7 Å². The number of hydrogen-bond donors (Lipinski definition) is 1. The first-order valence-corrected chi connectivity index (χ1v) is 6.26. The van der Waals surface area contributed by atoms with Gasteiger partial charge in [0.05, 0.1) is 0 Å². The standard InChI is InChI=1S/C15H20FNO2/c1-11(2)9-17(3)10-13-6-4-12(8-14(13)16)5-7-15(18)19/h4-8,11H,9-10H2,1-3H3,(H,18,19). The van der Waals surface area contributed by atoms with E-state index in [0.29, 0.717) is 23.6 Å². The summed E-state index contributed by atoms with van der Waals surface area (Å²) in [6, 6.07) is 4.78. The summed E-state index contributed by atoms with van der Waals surface area (Å²) >= 11 is 0. The van der Waals surface area contributed by atoms with Crippen molar-refractivity contribution in [3.05, 3.63) is 41.2 Å². The van der Waals surface area contributed by atoms with E-state index >= 15 is 0 Å². The van der Waals surface area contributed by atoms with E-state index in [1.54, 1.807) is 12.1 Å². The summed E-state index contributed by atoms with van der Waals surface area (Å²) in [4.78, 5) is 12.5. The summed E-state index contributed by atoms with van der Waals surface area (Å²) < 4.78 is 13.9. The molecule has 0 aliphatic carbocycles. The van der Waals surface area contributed by atoms with Gasteiger partial charge in [-0.15, -0.1) is 0 Å². The number of rotatable bonds is 6. The minimum Gasteiger partial charge on any atom is -0.478 e. The molecule has 0 bridgehead atoms. The fraction of sp³-hybridized carbons (Fsp3) is 0.400. The monoisotopic (exact) mass is 265 g/mol. The van der Waals surface area contributed by atoms with E-state index in [1.807, 2.05) is 7.05 Å². The molecule has 0 aliphatic rings.